The van der Waals surface area contributed by atoms with E-state index in [0.29, 0.717) is 18.5 Å². The van der Waals surface area contributed by atoms with E-state index in [1.54, 1.807) is 6.20 Å². The van der Waals surface area contributed by atoms with Crippen molar-refractivity contribution in [1.29, 1.82) is 0 Å². The van der Waals surface area contributed by atoms with Gasteiger partial charge >= 0.3 is 0 Å². The average molecular weight is 422 g/mol. The highest BCUT2D eigenvalue weighted by molar-refractivity contribution is 5.97. The van der Waals surface area contributed by atoms with E-state index < -0.39 is 0 Å². The molecular formula is C26H23N5O. The monoisotopic (exact) mass is 421 g/mol. The first-order chi connectivity index (χ1) is 15.8. The molecular weight excluding hydrogens is 398 g/mol. The summed E-state index contributed by atoms with van der Waals surface area (Å²) in [4.78, 5) is 20.2. The Labute approximate surface area is 186 Å². The normalized spacial score (nSPS) is 14.2. The molecule has 0 aliphatic carbocycles. The Balaban J connectivity index is 1.48. The van der Waals surface area contributed by atoms with Crippen molar-refractivity contribution in [3.63, 3.8) is 0 Å². The fourth-order valence-corrected chi connectivity index (χ4v) is 3.92. The van der Waals surface area contributed by atoms with Gasteiger partial charge in [-0.1, -0.05) is 48.5 Å². The number of hydrogen-bond acceptors (Lipinski definition) is 4. The lowest BCUT2D eigenvalue weighted by Gasteiger charge is -2.12. The van der Waals surface area contributed by atoms with Crippen LogP contribution >= 0.6 is 0 Å². The second kappa shape index (κ2) is 8.98. The summed E-state index contributed by atoms with van der Waals surface area (Å²) in [6.45, 7) is 0.659. The molecule has 1 unspecified atom stereocenters. The van der Waals surface area contributed by atoms with E-state index in [1.807, 2.05) is 66.7 Å². The van der Waals surface area contributed by atoms with E-state index in [1.165, 1.54) is 5.56 Å². The molecule has 1 aliphatic heterocycles. The van der Waals surface area contributed by atoms with E-state index >= 15 is 0 Å². The van der Waals surface area contributed by atoms with Gasteiger partial charge in [-0.25, -0.2) is 0 Å². The van der Waals surface area contributed by atoms with Gasteiger partial charge in [-0.15, -0.1) is 0 Å². The van der Waals surface area contributed by atoms with Crippen molar-refractivity contribution < 1.29 is 4.79 Å². The fourth-order valence-electron chi connectivity index (χ4n) is 3.92. The minimum Gasteiger partial charge on any atom is -0.358 e. The Morgan fingerprint density at radius 1 is 0.969 bits per heavy atom. The Morgan fingerprint density at radius 3 is 2.53 bits per heavy atom. The molecule has 0 bridgehead atoms. The molecule has 0 saturated heterocycles. The predicted octanol–water partition coefficient (Wildman–Crippen LogP) is 5.43. The number of benzene rings is 2. The van der Waals surface area contributed by atoms with Crippen LogP contribution in [-0.4, -0.2) is 22.4 Å². The molecule has 6 nitrogen and oxygen atoms in total. The lowest BCUT2D eigenvalue weighted by atomic mass is 10.0. The van der Waals surface area contributed by atoms with Crippen LogP contribution in [0.1, 0.15) is 33.4 Å². The van der Waals surface area contributed by atoms with E-state index in [9.17, 15) is 4.79 Å². The first-order valence-electron chi connectivity index (χ1n) is 10.7. The Bertz CT molecular complexity index is 1250. The van der Waals surface area contributed by atoms with Crippen LogP contribution in [0.4, 0.5) is 5.69 Å². The summed E-state index contributed by atoms with van der Waals surface area (Å²) in [5.41, 5.74) is 6.40. The van der Waals surface area contributed by atoms with Gasteiger partial charge in [-0.2, -0.15) is 10.2 Å². The molecule has 6 heteroatoms. The summed E-state index contributed by atoms with van der Waals surface area (Å²) in [5.74, 6) is -0.0263. The predicted molar refractivity (Wildman–Crippen MR) is 124 cm³/mol. The number of aromatic nitrogens is 2. The van der Waals surface area contributed by atoms with Gasteiger partial charge in [0.2, 0.25) is 0 Å². The molecule has 3 heterocycles. The average Bonchev–Trinajstić information content (AvgIpc) is 3.29. The zero-order valence-corrected chi connectivity index (χ0v) is 17.5. The van der Waals surface area contributed by atoms with Gasteiger partial charge in [0.1, 0.15) is 6.04 Å². The van der Waals surface area contributed by atoms with Crippen molar-refractivity contribution in [2.75, 3.05) is 6.54 Å². The number of aromatic amines is 1. The van der Waals surface area contributed by atoms with Crippen LogP contribution in [0.15, 0.2) is 95.3 Å². The highest BCUT2D eigenvalue weighted by Crippen LogP contribution is 2.29. The lowest BCUT2D eigenvalue weighted by molar-refractivity contribution is 0.0946. The summed E-state index contributed by atoms with van der Waals surface area (Å²) in [5, 5.41) is 12.0. The van der Waals surface area contributed by atoms with Crippen LogP contribution in [-0.2, 0) is 12.8 Å². The number of pyridine rings is 1. The van der Waals surface area contributed by atoms with Gasteiger partial charge in [0.25, 0.3) is 5.91 Å². The molecule has 0 fully saturated rings. The number of carbonyl (C=O) groups is 1. The highest BCUT2D eigenvalue weighted by Gasteiger charge is 2.21. The number of hydrogen-bond donors (Lipinski definition) is 2. The quantitative estimate of drug-likeness (QED) is 0.407. The maximum absolute atomic E-state index is 12.2. The number of azo groups is 1. The fraction of sp³-hybridized carbons (Fsp3) is 0.154. The van der Waals surface area contributed by atoms with Gasteiger partial charge in [-0.05, 0) is 35.9 Å². The third kappa shape index (κ3) is 4.34. The first kappa shape index (κ1) is 19.9. The van der Waals surface area contributed by atoms with Gasteiger partial charge in [0.15, 0.2) is 0 Å². The van der Waals surface area contributed by atoms with Crippen LogP contribution in [0.3, 0.4) is 0 Å². The summed E-state index contributed by atoms with van der Waals surface area (Å²) in [6, 6.07) is 25.6. The third-order valence-corrected chi connectivity index (χ3v) is 5.58. The molecule has 0 radical (unpaired) electrons. The minimum atomic E-state index is -0.231. The summed E-state index contributed by atoms with van der Waals surface area (Å²) in [6.07, 6.45) is 3.29. The number of rotatable bonds is 6. The van der Waals surface area contributed by atoms with Gasteiger partial charge < -0.3 is 10.3 Å². The Hall–Kier alpha value is -4.06. The summed E-state index contributed by atoms with van der Waals surface area (Å²) < 4.78 is 0. The van der Waals surface area contributed by atoms with Crippen molar-refractivity contribution in [2.45, 2.75) is 18.9 Å². The van der Waals surface area contributed by atoms with Gasteiger partial charge in [0, 0.05) is 42.5 Å². The highest BCUT2D eigenvalue weighted by atomic mass is 16.1. The molecule has 0 spiro atoms. The van der Waals surface area contributed by atoms with Crippen LogP contribution < -0.4 is 5.32 Å². The number of carbonyl (C=O) groups excluding carboxylic acids is 1. The van der Waals surface area contributed by atoms with Crippen LogP contribution in [0.25, 0.3) is 11.3 Å². The van der Waals surface area contributed by atoms with Gasteiger partial charge in [-0.3, -0.25) is 9.78 Å². The van der Waals surface area contributed by atoms with Crippen LogP contribution in [0.5, 0.6) is 0 Å². The molecule has 158 valence electrons. The Kier molecular flexibility index (Phi) is 5.58. The number of nitrogens with zero attached hydrogens (tertiary/aromatic N) is 3. The maximum atomic E-state index is 12.2. The smallest absolute Gasteiger partial charge is 0.253 e. The molecule has 5 rings (SSSR count). The molecule has 2 aromatic carbocycles. The van der Waals surface area contributed by atoms with E-state index in [2.05, 4.69) is 37.6 Å². The third-order valence-electron chi connectivity index (χ3n) is 5.58. The molecule has 2 aromatic heterocycles. The molecule has 1 atom stereocenters. The van der Waals surface area contributed by atoms with Crippen LogP contribution in [0.2, 0.25) is 0 Å². The summed E-state index contributed by atoms with van der Waals surface area (Å²) >= 11 is 0. The molecule has 1 amide bonds. The molecule has 1 aliphatic rings. The lowest BCUT2D eigenvalue weighted by Crippen LogP contribution is -2.31. The molecule has 2 N–H and O–H groups in total. The van der Waals surface area contributed by atoms with E-state index in [-0.39, 0.29) is 11.9 Å². The van der Waals surface area contributed by atoms with Crippen LogP contribution in [0, 0.1) is 0 Å². The van der Waals surface area contributed by atoms with Crippen molar-refractivity contribution >= 4 is 11.6 Å². The molecule has 4 aromatic rings. The second-order valence-corrected chi connectivity index (χ2v) is 7.81. The zero-order chi connectivity index (χ0) is 21.8. The van der Waals surface area contributed by atoms with Crippen molar-refractivity contribution in [3.8, 4) is 11.3 Å². The van der Waals surface area contributed by atoms with Crippen molar-refractivity contribution in [2.24, 2.45) is 10.2 Å². The SMILES string of the molecule is O=C1NCCc2[nH]c(-c3ccnc(C(Cc4ccccc4)N=Nc4ccccc4)c3)cc21. The number of nitrogens with one attached hydrogen (secondary N) is 2. The Morgan fingerprint density at radius 2 is 1.75 bits per heavy atom. The number of H-pyrrole nitrogens is 1. The van der Waals surface area contributed by atoms with E-state index in [4.69, 9.17) is 0 Å². The molecule has 32 heavy (non-hydrogen) atoms. The number of fused-ring (bicyclic) bond motifs is 1. The topological polar surface area (TPSA) is 82.5 Å². The number of amides is 1. The van der Waals surface area contributed by atoms with Gasteiger partial charge in [0.05, 0.1) is 16.9 Å². The minimum absolute atomic E-state index is 0.0263. The largest absolute Gasteiger partial charge is 0.358 e. The maximum Gasteiger partial charge on any atom is 0.253 e. The van der Waals surface area contributed by atoms with Crippen molar-refractivity contribution in [1.82, 2.24) is 15.3 Å². The summed E-state index contributed by atoms with van der Waals surface area (Å²) in [7, 11) is 0. The molecule has 0 saturated carbocycles. The zero-order valence-electron chi connectivity index (χ0n) is 17.5. The van der Waals surface area contributed by atoms with Crippen molar-refractivity contribution in [3.05, 3.63) is 108 Å². The standard InChI is InChI=1S/C26H23N5O/c32-26-21-17-23(29-22(21)12-14-28-26)19-11-13-27-24(16-19)25(15-18-7-3-1-4-8-18)31-30-20-9-5-2-6-10-20/h1-11,13,16-17,25,29H,12,14-15H2,(H,28,32). The first-order valence-corrected chi connectivity index (χ1v) is 10.7. The second-order valence-electron chi connectivity index (χ2n) is 7.81. The van der Waals surface area contributed by atoms with E-state index in [0.717, 1.165) is 34.8 Å².